The third kappa shape index (κ3) is 2.17. The summed E-state index contributed by atoms with van der Waals surface area (Å²) in [6.07, 6.45) is 0. The average molecular weight is 336 g/mol. The Morgan fingerprint density at radius 2 is 1.83 bits per heavy atom. The highest BCUT2D eigenvalue weighted by Crippen LogP contribution is 2.43. The highest BCUT2D eigenvalue weighted by Gasteiger charge is 2.49. The minimum absolute atomic E-state index is 0.176. The first kappa shape index (κ1) is 15.1. The number of amides is 1. The van der Waals surface area contributed by atoms with E-state index in [1.54, 1.807) is 6.07 Å². The molecule has 1 aliphatic rings. The molecule has 4 rings (SSSR count). The molecule has 4 nitrogen and oxygen atoms in total. The van der Waals surface area contributed by atoms with Gasteiger partial charge in [-0.25, -0.2) is 4.98 Å². The second kappa shape index (κ2) is 5.54. The minimum atomic E-state index is -1.48. The van der Waals surface area contributed by atoms with Gasteiger partial charge in [-0.3, -0.25) is 9.69 Å². The van der Waals surface area contributed by atoms with Crippen LogP contribution in [0.1, 0.15) is 32.2 Å². The quantitative estimate of drug-likeness (QED) is 0.798. The van der Waals surface area contributed by atoms with E-state index in [1.165, 1.54) is 16.2 Å². The molecule has 1 aliphatic heterocycles. The summed E-state index contributed by atoms with van der Waals surface area (Å²) in [7, 11) is 0. The molecule has 2 aromatic carbocycles. The van der Waals surface area contributed by atoms with Crippen molar-refractivity contribution in [2.75, 3.05) is 0 Å². The number of carbonyl (C=O) groups excluding carboxylic acids is 1. The van der Waals surface area contributed by atoms with Crippen LogP contribution in [0, 0.1) is 6.92 Å². The summed E-state index contributed by atoms with van der Waals surface area (Å²) in [5.74, 6) is -0.176. The molecule has 0 bridgehead atoms. The molecular weight excluding hydrogens is 320 g/mol. The lowest BCUT2D eigenvalue weighted by Gasteiger charge is -2.34. The van der Waals surface area contributed by atoms with Crippen molar-refractivity contribution in [3.63, 3.8) is 0 Å². The molecule has 0 aliphatic carbocycles. The van der Waals surface area contributed by atoms with Crippen LogP contribution in [0.5, 0.6) is 0 Å². The maximum Gasteiger partial charge on any atom is 0.257 e. The number of carbonyl (C=O) groups is 1. The van der Waals surface area contributed by atoms with Crippen molar-refractivity contribution in [1.82, 2.24) is 9.88 Å². The van der Waals surface area contributed by atoms with Crippen molar-refractivity contribution in [2.24, 2.45) is 0 Å². The largest absolute Gasteiger partial charge is 0.363 e. The molecule has 0 saturated heterocycles. The summed E-state index contributed by atoms with van der Waals surface area (Å²) in [5.41, 5.74) is 1.28. The average Bonchev–Trinajstić information content (AvgIpc) is 3.12. The van der Waals surface area contributed by atoms with Crippen LogP contribution >= 0.6 is 11.3 Å². The Balaban J connectivity index is 1.86. The van der Waals surface area contributed by atoms with Gasteiger partial charge in [0.1, 0.15) is 5.01 Å². The van der Waals surface area contributed by atoms with Gasteiger partial charge in [-0.15, -0.1) is 11.3 Å². The van der Waals surface area contributed by atoms with Gasteiger partial charge >= 0.3 is 0 Å². The molecule has 3 aromatic rings. The van der Waals surface area contributed by atoms with Crippen molar-refractivity contribution < 1.29 is 9.90 Å². The second-order valence-corrected chi connectivity index (χ2v) is 6.80. The van der Waals surface area contributed by atoms with Gasteiger partial charge in [0.15, 0.2) is 5.72 Å². The van der Waals surface area contributed by atoms with Gasteiger partial charge in [0.25, 0.3) is 5.91 Å². The van der Waals surface area contributed by atoms with Crippen LogP contribution < -0.4 is 0 Å². The molecule has 1 unspecified atom stereocenters. The second-order valence-electron chi connectivity index (χ2n) is 5.86. The Hall–Kier alpha value is -2.50. The number of rotatable bonds is 3. The number of hydrogen-bond donors (Lipinski definition) is 1. The Bertz CT molecular complexity index is 906. The molecule has 1 aromatic heterocycles. The topological polar surface area (TPSA) is 53.4 Å². The van der Waals surface area contributed by atoms with E-state index in [-0.39, 0.29) is 12.5 Å². The first-order chi connectivity index (χ1) is 11.6. The molecule has 5 heteroatoms. The van der Waals surface area contributed by atoms with Gasteiger partial charge in [-0.1, -0.05) is 48.5 Å². The highest BCUT2D eigenvalue weighted by atomic mass is 32.1. The predicted octanol–water partition coefficient (Wildman–Crippen LogP) is 3.30. The molecule has 0 fully saturated rings. The van der Waals surface area contributed by atoms with Crippen molar-refractivity contribution in [3.8, 4) is 0 Å². The summed E-state index contributed by atoms with van der Waals surface area (Å²) in [6, 6.07) is 16.5. The predicted molar refractivity (Wildman–Crippen MR) is 92.6 cm³/mol. The third-order valence-electron chi connectivity index (χ3n) is 4.31. The molecule has 0 spiro atoms. The molecule has 0 saturated carbocycles. The Kier molecular flexibility index (Phi) is 3.48. The number of aliphatic hydroxyl groups is 1. The van der Waals surface area contributed by atoms with Crippen LogP contribution in [0.4, 0.5) is 0 Å². The van der Waals surface area contributed by atoms with Crippen LogP contribution in [0.2, 0.25) is 0 Å². The standard InChI is InChI=1S/C19H16N2O2S/c1-13-12-24-17(20-13)11-21-18(22)15-9-5-6-10-16(15)19(21,23)14-7-3-2-4-8-14/h2-10,12,23H,11H2,1H3. The fourth-order valence-electron chi connectivity index (χ4n) is 3.19. The maximum absolute atomic E-state index is 12.9. The molecule has 2 heterocycles. The van der Waals surface area contributed by atoms with E-state index in [4.69, 9.17) is 0 Å². The zero-order valence-corrected chi connectivity index (χ0v) is 14.0. The number of aryl methyl sites for hydroxylation is 1. The Labute approximate surface area is 144 Å². The van der Waals surface area contributed by atoms with Crippen LogP contribution in [0.15, 0.2) is 60.0 Å². The van der Waals surface area contributed by atoms with E-state index >= 15 is 0 Å². The molecular formula is C19H16N2O2S. The highest BCUT2D eigenvalue weighted by molar-refractivity contribution is 7.09. The smallest absolute Gasteiger partial charge is 0.257 e. The zero-order chi connectivity index (χ0) is 16.7. The minimum Gasteiger partial charge on any atom is -0.363 e. The molecule has 0 radical (unpaired) electrons. The first-order valence-electron chi connectivity index (χ1n) is 7.71. The molecule has 120 valence electrons. The summed E-state index contributed by atoms with van der Waals surface area (Å²) >= 11 is 1.50. The number of fused-ring (bicyclic) bond motifs is 1. The Morgan fingerprint density at radius 1 is 1.12 bits per heavy atom. The summed E-state index contributed by atoms with van der Waals surface area (Å²) in [4.78, 5) is 18.9. The molecule has 1 amide bonds. The molecule has 1 N–H and O–H groups in total. The van der Waals surface area contributed by atoms with Crippen molar-refractivity contribution >= 4 is 17.2 Å². The SMILES string of the molecule is Cc1csc(CN2C(=O)c3ccccc3C2(O)c2ccccc2)n1. The normalized spacial score (nSPS) is 19.6. The number of hydrogen-bond acceptors (Lipinski definition) is 4. The van der Waals surface area contributed by atoms with Crippen LogP contribution in [0.3, 0.4) is 0 Å². The molecule has 1 atom stereocenters. The molecule has 24 heavy (non-hydrogen) atoms. The number of nitrogens with zero attached hydrogens (tertiary/aromatic N) is 2. The summed E-state index contributed by atoms with van der Waals surface area (Å²) < 4.78 is 0. The van der Waals surface area contributed by atoms with Gasteiger partial charge in [0, 0.05) is 27.8 Å². The number of aromatic nitrogens is 1. The van der Waals surface area contributed by atoms with Gasteiger partial charge in [-0.05, 0) is 13.0 Å². The first-order valence-corrected chi connectivity index (χ1v) is 8.59. The van der Waals surface area contributed by atoms with E-state index in [1.807, 2.05) is 60.8 Å². The fraction of sp³-hybridized carbons (Fsp3) is 0.158. The van der Waals surface area contributed by atoms with Gasteiger partial charge in [-0.2, -0.15) is 0 Å². The van der Waals surface area contributed by atoms with Gasteiger partial charge in [0.05, 0.1) is 6.54 Å². The number of benzene rings is 2. The van der Waals surface area contributed by atoms with Gasteiger partial charge in [0.2, 0.25) is 0 Å². The van der Waals surface area contributed by atoms with Crippen LogP contribution in [0.25, 0.3) is 0 Å². The zero-order valence-electron chi connectivity index (χ0n) is 13.1. The van der Waals surface area contributed by atoms with Gasteiger partial charge < -0.3 is 5.11 Å². The van der Waals surface area contributed by atoms with Crippen LogP contribution in [-0.4, -0.2) is 20.9 Å². The van der Waals surface area contributed by atoms with E-state index in [2.05, 4.69) is 4.98 Å². The lowest BCUT2D eigenvalue weighted by Crippen LogP contribution is -2.44. The van der Waals surface area contributed by atoms with Crippen molar-refractivity contribution in [1.29, 1.82) is 0 Å². The van der Waals surface area contributed by atoms with Crippen molar-refractivity contribution in [3.05, 3.63) is 87.4 Å². The maximum atomic E-state index is 12.9. The van der Waals surface area contributed by atoms with E-state index in [0.29, 0.717) is 16.7 Å². The lowest BCUT2D eigenvalue weighted by molar-refractivity contribution is -0.0543. The van der Waals surface area contributed by atoms with Crippen LogP contribution in [-0.2, 0) is 12.3 Å². The lowest BCUT2D eigenvalue weighted by atomic mass is 9.94. The number of thiazole rings is 1. The fourth-order valence-corrected chi connectivity index (χ4v) is 3.95. The third-order valence-corrected chi connectivity index (χ3v) is 5.26. The summed E-state index contributed by atoms with van der Waals surface area (Å²) in [5, 5.41) is 14.4. The van der Waals surface area contributed by atoms with E-state index < -0.39 is 5.72 Å². The van der Waals surface area contributed by atoms with E-state index in [9.17, 15) is 9.90 Å². The van der Waals surface area contributed by atoms with E-state index in [0.717, 1.165) is 10.7 Å². The Morgan fingerprint density at radius 3 is 2.54 bits per heavy atom. The van der Waals surface area contributed by atoms with Crippen molar-refractivity contribution in [2.45, 2.75) is 19.2 Å². The monoisotopic (exact) mass is 336 g/mol. The summed E-state index contributed by atoms with van der Waals surface area (Å²) in [6.45, 7) is 2.20.